The number of carbonyl (C=O) groups excluding carboxylic acids is 2. The van der Waals surface area contributed by atoms with E-state index in [1.165, 1.54) is 0 Å². The average molecular weight is 367 g/mol. The summed E-state index contributed by atoms with van der Waals surface area (Å²) in [4.78, 5) is 27.0. The Morgan fingerprint density at radius 3 is 2.26 bits per heavy atom. The number of anilines is 1. The fourth-order valence-corrected chi connectivity index (χ4v) is 2.58. The maximum absolute atomic E-state index is 12.8. The standard InChI is InChI=1S/C22H29N3O2/c1-22(2,3)21(27)23-18-13-9-12-17(14-18)20(26)24-19(15-25(4)5)16-10-7-6-8-11-16/h6-14,19H,15H2,1-5H3,(H,23,27)(H,24,26). The summed E-state index contributed by atoms with van der Waals surface area (Å²) in [6, 6.07) is 16.8. The van der Waals surface area contributed by atoms with Gasteiger partial charge in [0.05, 0.1) is 6.04 Å². The Morgan fingerprint density at radius 1 is 1.00 bits per heavy atom. The maximum atomic E-state index is 12.8. The van der Waals surface area contributed by atoms with Crippen molar-refractivity contribution in [3.63, 3.8) is 0 Å². The number of amides is 2. The van der Waals surface area contributed by atoms with E-state index < -0.39 is 5.41 Å². The Hall–Kier alpha value is -2.66. The summed E-state index contributed by atoms with van der Waals surface area (Å²) in [7, 11) is 3.95. The molecule has 0 aromatic heterocycles. The van der Waals surface area contributed by atoms with Gasteiger partial charge in [0.25, 0.3) is 5.91 Å². The minimum atomic E-state index is -0.498. The van der Waals surface area contributed by atoms with Crippen LogP contribution in [0.4, 0.5) is 5.69 Å². The molecule has 0 heterocycles. The SMILES string of the molecule is CN(C)CC(NC(=O)c1cccc(NC(=O)C(C)(C)C)c1)c1ccccc1. The normalized spacial score (nSPS) is 12.5. The second kappa shape index (κ2) is 8.82. The quantitative estimate of drug-likeness (QED) is 0.818. The first-order chi connectivity index (χ1) is 12.7. The number of nitrogens with one attached hydrogen (secondary N) is 2. The van der Waals surface area contributed by atoms with Gasteiger partial charge in [-0.25, -0.2) is 0 Å². The second-order valence-corrected chi connectivity index (χ2v) is 7.98. The number of nitrogens with zero attached hydrogens (tertiary/aromatic N) is 1. The van der Waals surface area contributed by atoms with Gasteiger partial charge in [-0.2, -0.15) is 0 Å². The fourth-order valence-electron chi connectivity index (χ4n) is 2.58. The Kier molecular flexibility index (Phi) is 6.75. The molecule has 0 saturated heterocycles. The summed E-state index contributed by atoms with van der Waals surface area (Å²) in [5, 5.41) is 5.97. The van der Waals surface area contributed by atoms with Gasteiger partial charge in [-0.3, -0.25) is 9.59 Å². The molecule has 5 heteroatoms. The zero-order valence-corrected chi connectivity index (χ0v) is 16.7. The lowest BCUT2D eigenvalue weighted by Gasteiger charge is -2.23. The van der Waals surface area contributed by atoms with Crippen molar-refractivity contribution in [3.05, 3.63) is 65.7 Å². The van der Waals surface area contributed by atoms with Gasteiger partial charge in [0.15, 0.2) is 0 Å². The summed E-state index contributed by atoms with van der Waals surface area (Å²) in [5.41, 5.74) is 1.69. The number of rotatable bonds is 6. The molecule has 2 aromatic rings. The number of hydrogen-bond acceptors (Lipinski definition) is 3. The molecule has 2 amide bonds. The molecule has 0 spiro atoms. The highest BCUT2D eigenvalue weighted by molar-refractivity contribution is 5.98. The molecule has 1 unspecified atom stereocenters. The third-order valence-electron chi connectivity index (χ3n) is 4.12. The Balaban J connectivity index is 2.16. The smallest absolute Gasteiger partial charge is 0.251 e. The largest absolute Gasteiger partial charge is 0.344 e. The Bertz CT molecular complexity index is 780. The topological polar surface area (TPSA) is 61.4 Å². The number of hydrogen-bond donors (Lipinski definition) is 2. The highest BCUT2D eigenvalue weighted by Gasteiger charge is 2.22. The summed E-state index contributed by atoms with van der Waals surface area (Å²) in [5.74, 6) is -0.257. The van der Waals surface area contributed by atoms with Gasteiger partial charge in [0, 0.05) is 23.2 Å². The molecular formula is C22H29N3O2. The van der Waals surface area contributed by atoms with Crippen LogP contribution in [0.3, 0.4) is 0 Å². The average Bonchev–Trinajstić information content (AvgIpc) is 2.61. The molecule has 2 rings (SSSR count). The van der Waals surface area contributed by atoms with Crippen molar-refractivity contribution >= 4 is 17.5 Å². The van der Waals surface area contributed by atoms with E-state index in [0.29, 0.717) is 17.8 Å². The van der Waals surface area contributed by atoms with Gasteiger partial charge in [-0.05, 0) is 37.9 Å². The first-order valence-electron chi connectivity index (χ1n) is 9.09. The third kappa shape index (κ3) is 6.22. The van der Waals surface area contributed by atoms with Gasteiger partial charge in [-0.15, -0.1) is 0 Å². The molecule has 0 radical (unpaired) electrons. The van der Waals surface area contributed by atoms with Crippen molar-refractivity contribution in [3.8, 4) is 0 Å². The van der Waals surface area contributed by atoms with Crippen molar-refractivity contribution in [1.29, 1.82) is 0 Å². The minimum Gasteiger partial charge on any atom is -0.344 e. The lowest BCUT2D eigenvalue weighted by atomic mass is 9.95. The highest BCUT2D eigenvalue weighted by atomic mass is 16.2. The molecule has 0 aliphatic heterocycles. The lowest BCUT2D eigenvalue weighted by molar-refractivity contribution is -0.123. The van der Waals surface area contributed by atoms with Crippen LogP contribution in [0.1, 0.15) is 42.7 Å². The number of benzene rings is 2. The Morgan fingerprint density at radius 2 is 1.67 bits per heavy atom. The van der Waals surface area contributed by atoms with Crippen molar-refractivity contribution in [1.82, 2.24) is 10.2 Å². The van der Waals surface area contributed by atoms with E-state index in [4.69, 9.17) is 0 Å². The molecular weight excluding hydrogens is 338 g/mol. The van der Waals surface area contributed by atoms with E-state index in [1.54, 1.807) is 24.3 Å². The van der Waals surface area contributed by atoms with Gasteiger partial charge in [0.1, 0.15) is 0 Å². The molecule has 5 nitrogen and oxygen atoms in total. The molecule has 1 atom stereocenters. The minimum absolute atomic E-state index is 0.0881. The van der Waals surface area contributed by atoms with Crippen LogP contribution in [0, 0.1) is 5.41 Å². The van der Waals surface area contributed by atoms with Crippen molar-refractivity contribution in [2.75, 3.05) is 26.0 Å². The van der Waals surface area contributed by atoms with E-state index >= 15 is 0 Å². The Labute approximate surface area is 161 Å². The van der Waals surface area contributed by atoms with Gasteiger partial charge >= 0.3 is 0 Å². The van der Waals surface area contributed by atoms with E-state index in [0.717, 1.165) is 5.56 Å². The van der Waals surface area contributed by atoms with Gasteiger partial charge in [0.2, 0.25) is 5.91 Å². The molecule has 27 heavy (non-hydrogen) atoms. The van der Waals surface area contributed by atoms with Crippen LogP contribution in [-0.2, 0) is 4.79 Å². The van der Waals surface area contributed by atoms with Crippen molar-refractivity contribution < 1.29 is 9.59 Å². The van der Waals surface area contributed by atoms with Crippen LogP contribution < -0.4 is 10.6 Å². The lowest BCUT2D eigenvalue weighted by Crippen LogP contribution is -2.35. The van der Waals surface area contributed by atoms with Crippen LogP contribution in [0.25, 0.3) is 0 Å². The summed E-state index contributed by atoms with van der Waals surface area (Å²) >= 11 is 0. The third-order valence-corrected chi connectivity index (χ3v) is 4.12. The molecule has 2 aromatic carbocycles. The highest BCUT2D eigenvalue weighted by Crippen LogP contribution is 2.19. The zero-order chi connectivity index (χ0) is 20.0. The van der Waals surface area contributed by atoms with Crippen molar-refractivity contribution in [2.24, 2.45) is 5.41 Å². The van der Waals surface area contributed by atoms with Crippen LogP contribution >= 0.6 is 0 Å². The number of likely N-dealkylation sites (N-methyl/N-ethyl adjacent to an activating group) is 1. The predicted octanol–water partition coefficient (Wildman–Crippen LogP) is 3.70. The first-order valence-corrected chi connectivity index (χ1v) is 9.09. The zero-order valence-electron chi connectivity index (χ0n) is 16.7. The maximum Gasteiger partial charge on any atom is 0.251 e. The summed E-state index contributed by atoms with van der Waals surface area (Å²) in [6.07, 6.45) is 0. The van der Waals surface area contributed by atoms with E-state index in [9.17, 15) is 9.59 Å². The predicted molar refractivity (Wildman–Crippen MR) is 110 cm³/mol. The summed E-state index contributed by atoms with van der Waals surface area (Å²) in [6.45, 7) is 6.25. The molecule has 0 saturated carbocycles. The number of carbonyl (C=O) groups is 2. The van der Waals surface area contributed by atoms with Crippen molar-refractivity contribution in [2.45, 2.75) is 26.8 Å². The van der Waals surface area contributed by atoms with Crippen LogP contribution in [-0.4, -0.2) is 37.4 Å². The first kappa shape index (κ1) is 20.6. The van der Waals surface area contributed by atoms with Gasteiger partial charge < -0.3 is 15.5 Å². The fraction of sp³-hybridized carbons (Fsp3) is 0.364. The molecule has 2 N–H and O–H groups in total. The second-order valence-electron chi connectivity index (χ2n) is 7.98. The van der Waals surface area contributed by atoms with Crippen LogP contribution in [0.2, 0.25) is 0 Å². The molecule has 0 fully saturated rings. The van der Waals surface area contributed by atoms with Crippen LogP contribution in [0.15, 0.2) is 54.6 Å². The molecule has 0 aliphatic rings. The monoisotopic (exact) mass is 367 g/mol. The molecule has 0 aliphatic carbocycles. The summed E-state index contributed by atoms with van der Waals surface area (Å²) < 4.78 is 0. The molecule has 144 valence electrons. The van der Waals surface area contributed by atoms with E-state index in [1.807, 2.05) is 70.1 Å². The molecule has 0 bridgehead atoms. The van der Waals surface area contributed by atoms with E-state index in [2.05, 4.69) is 10.6 Å². The van der Waals surface area contributed by atoms with E-state index in [-0.39, 0.29) is 17.9 Å². The van der Waals surface area contributed by atoms with Gasteiger partial charge in [-0.1, -0.05) is 57.2 Å². The van der Waals surface area contributed by atoms with Crippen LogP contribution in [0.5, 0.6) is 0 Å².